The van der Waals surface area contributed by atoms with Crippen molar-refractivity contribution in [2.75, 3.05) is 12.8 Å². The van der Waals surface area contributed by atoms with Crippen molar-refractivity contribution in [3.63, 3.8) is 0 Å². The van der Waals surface area contributed by atoms with Crippen molar-refractivity contribution in [3.8, 4) is 0 Å². The second-order valence-electron chi connectivity index (χ2n) is 3.08. The number of sulfone groups is 1. The third-order valence-corrected chi connectivity index (χ3v) is 4.67. The summed E-state index contributed by atoms with van der Waals surface area (Å²) in [6, 6.07) is 0. The summed E-state index contributed by atoms with van der Waals surface area (Å²) in [4.78, 5) is 0. The molecule has 1 unspecified atom stereocenters. The normalized spacial score (nSPS) is 26.5. The maximum absolute atomic E-state index is 11.1. The number of hydrogen-bond acceptors (Lipinski definition) is 4. The largest absolute Gasteiger partial charge is 0.278 e. The van der Waals surface area contributed by atoms with Crippen molar-refractivity contribution in [3.05, 3.63) is 0 Å². The second-order valence-corrected chi connectivity index (χ2v) is 6.78. The fraction of sp³-hybridized carbons (Fsp3) is 1.00. The van der Waals surface area contributed by atoms with E-state index >= 15 is 0 Å². The van der Waals surface area contributed by atoms with Crippen molar-refractivity contribution < 1.29 is 16.8 Å². The van der Waals surface area contributed by atoms with E-state index in [1.807, 2.05) is 0 Å². The Balaban J connectivity index is 3.03. The zero-order valence-electron chi connectivity index (χ0n) is 7.17. The number of nitrogens with zero attached hydrogens (tertiary/aromatic N) is 1. The molecule has 13 heavy (non-hydrogen) atoms. The molecule has 1 heterocycles. The lowest BCUT2D eigenvalue weighted by molar-refractivity contribution is 0.442. The Morgan fingerprint density at radius 2 is 1.85 bits per heavy atom. The van der Waals surface area contributed by atoms with Crippen LogP contribution >= 0.6 is 0 Å². The summed E-state index contributed by atoms with van der Waals surface area (Å²) in [6.45, 7) is 0.191. The molecular formula is C5H12N2O4S2. The molecule has 8 heteroatoms. The van der Waals surface area contributed by atoms with Gasteiger partial charge in [0.25, 0.3) is 10.2 Å². The fourth-order valence-electron chi connectivity index (χ4n) is 1.43. The van der Waals surface area contributed by atoms with E-state index in [4.69, 9.17) is 5.14 Å². The molecule has 0 aromatic heterocycles. The lowest BCUT2D eigenvalue weighted by Gasteiger charge is -2.19. The summed E-state index contributed by atoms with van der Waals surface area (Å²) in [5.41, 5.74) is 0. The van der Waals surface area contributed by atoms with Crippen LogP contribution in [-0.4, -0.2) is 39.3 Å². The predicted molar refractivity (Wildman–Crippen MR) is 47.7 cm³/mol. The second kappa shape index (κ2) is 3.19. The average molecular weight is 228 g/mol. The molecule has 1 aliphatic rings. The lowest BCUT2D eigenvalue weighted by atomic mass is 10.4. The van der Waals surface area contributed by atoms with Crippen LogP contribution in [0.25, 0.3) is 0 Å². The van der Waals surface area contributed by atoms with E-state index in [0.29, 0.717) is 12.8 Å². The van der Waals surface area contributed by atoms with Crippen molar-refractivity contribution in [1.82, 2.24) is 4.31 Å². The van der Waals surface area contributed by atoms with Gasteiger partial charge < -0.3 is 0 Å². The van der Waals surface area contributed by atoms with E-state index in [1.165, 1.54) is 0 Å². The van der Waals surface area contributed by atoms with Crippen LogP contribution in [0.4, 0.5) is 0 Å². The van der Waals surface area contributed by atoms with E-state index in [-0.39, 0.29) is 6.54 Å². The van der Waals surface area contributed by atoms with E-state index in [9.17, 15) is 16.8 Å². The monoisotopic (exact) mass is 228 g/mol. The smallest absolute Gasteiger partial charge is 0.227 e. The first-order chi connectivity index (χ1) is 5.73. The van der Waals surface area contributed by atoms with Gasteiger partial charge in [0.05, 0.1) is 0 Å². The van der Waals surface area contributed by atoms with Crippen LogP contribution in [0.1, 0.15) is 12.8 Å². The molecule has 2 N–H and O–H groups in total. The molecular weight excluding hydrogens is 216 g/mol. The van der Waals surface area contributed by atoms with Crippen LogP contribution in [0.3, 0.4) is 0 Å². The topological polar surface area (TPSA) is 97.5 Å². The van der Waals surface area contributed by atoms with Gasteiger partial charge in [0.1, 0.15) is 5.37 Å². The standard InChI is InChI=1S/C5H12N2O4S2/c1-12(8,9)5-3-2-4-7(5)13(6,10)11/h5H,2-4H2,1H3,(H2,6,10,11). The van der Waals surface area contributed by atoms with Gasteiger partial charge in [0.15, 0.2) is 9.84 Å². The Bertz CT molecular complexity index is 347. The van der Waals surface area contributed by atoms with Crippen LogP contribution in [0, 0.1) is 0 Å². The van der Waals surface area contributed by atoms with E-state index in [0.717, 1.165) is 10.6 Å². The molecule has 0 saturated carbocycles. The number of nitrogens with two attached hydrogens (primary N) is 1. The van der Waals surface area contributed by atoms with Gasteiger partial charge in [-0.05, 0) is 12.8 Å². The van der Waals surface area contributed by atoms with Gasteiger partial charge in [-0.2, -0.15) is 12.7 Å². The zero-order chi connectivity index (χ0) is 10.3. The van der Waals surface area contributed by atoms with Crippen LogP contribution in [0.5, 0.6) is 0 Å². The summed E-state index contributed by atoms with van der Waals surface area (Å²) in [5, 5.41) is 3.89. The quantitative estimate of drug-likeness (QED) is 0.632. The minimum absolute atomic E-state index is 0.191. The molecule has 1 atom stereocenters. The summed E-state index contributed by atoms with van der Waals surface area (Å²) in [5.74, 6) is 0. The SMILES string of the molecule is CS(=O)(=O)C1CCCN1S(N)(=O)=O. The van der Waals surface area contributed by atoms with Crippen LogP contribution in [0.15, 0.2) is 0 Å². The molecule has 0 aromatic carbocycles. The van der Waals surface area contributed by atoms with E-state index < -0.39 is 25.4 Å². The van der Waals surface area contributed by atoms with Gasteiger partial charge in [-0.3, -0.25) is 0 Å². The molecule has 6 nitrogen and oxygen atoms in total. The molecule has 0 spiro atoms. The Labute approximate surface area is 77.8 Å². The van der Waals surface area contributed by atoms with Crippen molar-refractivity contribution >= 4 is 20.0 Å². The minimum atomic E-state index is -3.88. The van der Waals surface area contributed by atoms with E-state index in [1.54, 1.807) is 0 Å². The van der Waals surface area contributed by atoms with Gasteiger partial charge in [0, 0.05) is 12.8 Å². The Morgan fingerprint density at radius 1 is 1.31 bits per heavy atom. The first kappa shape index (κ1) is 10.9. The molecule has 1 saturated heterocycles. The third kappa shape index (κ3) is 2.39. The van der Waals surface area contributed by atoms with Gasteiger partial charge in [-0.15, -0.1) is 0 Å². The first-order valence-electron chi connectivity index (χ1n) is 3.71. The number of hydrogen-bond donors (Lipinski definition) is 1. The highest BCUT2D eigenvalue weighted by molar-refractivity contribution is 7.93. The summed E-state index contributed by atoms with van der Waals surface area (Å²) < 4.78 is 45.0. The minimum Gasteiger partial charge on any atom is -0.227 e. The molecule has 78 valence electrons. The molecule has 0 amide bonds. The van der Waals surface area contributed by atoms with Gasteiger partial charge in [-0.1, -0.05) is 0 Å². The van der Waals surface area contributed by atoms with Crippen LogP contribution < -0.4 is 5.14 Å². The van der Waals surface area contributed by atoms with Crippen LogP contribution in [-0.2, 0) is 20.0 Å². The Hall–Kier alpha value is -0.180. The highest BCUT2D eigenvalue weighted by atomic mass is 32.2. The van der Waals surface area contributed by atoms with Gasteiger partial charge in [-0.25, -0.2) is 13.6 Å². The molecule has 0 radical (unpaired) electrons. The zero-order valence-corrected chi connectivity index (χ0v) is 8.81. The highest BCUT2D eigenvalue weighted by Gasteiger charge is 2.38. The lowest BCUT2D eigenvalue weighted by Crippen LogP contribution is -2.43. The first-order valence-corrected chi connectivity index (χ1v) is 7.17. The fourth-order valence-corrected chi connectivity index (χ4v) is 4.20. The molecule has 0 aliphatic carbocycles. The van der Waals surface area contributed by atoms with Crippen molar-refractivity contribution in [1.29, 1.82) is 0 Å². The van der Waals surface area contributed by atoms with Gasteiger partial charge >= 0.3 is 0 Å². The maximum Gasteiger partial charge on any atom is 0.278 e. The molecule has 1 rings (SSSR count). The molecule has 0 aromatic rings. The third-order valence-electron chi connectivity index (χ3n) is 1.97. The summed E-state index contributed by atoms with van der Waals surface area (Å²) in [7, 11) is -7.25. The maximum atomic E-state index is 11.1. The molecule has 1 aliphatic heterocycles. The van der Waals surface area contributed by atoms with Crippen molar-refractivity contribution in [2.45, 2.75) is 18.2 Å². The predicted octanol–water partition coefficient (Wildman–Crippen LogP) is -1.34. The summed E-state index contributed by atoms with van der Waals surface area (Å²) >= 11 is 0. The van der Waals surface area contributed by atoms with Crippen LogP contribution in [0.2, 0.25) is 0 Å². The Kier molecular flexibility index (Phi) is 2.68. The Morgan fingerprint density at radius 3 is 2.15 bits per heavy atom. The average Bonchev–Trinajstić information content (AvgIpc) is 2.27. The summed E-state index contributed by atoms with van der Waals surface area (Å²) in [6.07, 6.45) is 1.88. The molecule has 0 bridgehead atoms. The number of rotatable bonds is 2. The highest BCUT2D eigenvalue weighted by Crippen LogP contribution is 2.22. The van der Waals surface area contributed by atoms with E-state index in [2.05, 4.69) is 0 Å². The van der Waals surface area contributed by atoms with Crippen molar-refractivity contribution in [2.24, 2.45) is 5.14 Å². The van der Waals surface area contributed by atoms with Gasteiger partial charge in [0.2, 0.25) is 0 Å². The molecule has 1 fully saturated rings.